The Morgan fingerprint density at radius 3 is 2.77 bits per heavy atom. The van der Waals surface area contributed by atoms with Crippen molar-refractivity contribution in [3.8, 4) is 6.07 Å². The van der Waals surface area contributed by atoms with Gasteiger partial charge in [0.2, 0.25) is 5.91 Å². The number of carbonyl (C=O) groups is 1. The quantitative estimate of drug-likeness (QED) is 0.849. The maximum Gasteiger partial charge on any atom is 0.225 e. The SMILES string of the molecule is N#Cc1ccccc1NC(=O)CCSc1cc(F)ccc1F. The maximum atomic E-state index is 13.4. The van der Waals surface area contributed by atoms with Crippen LogP contribution < -0.4 is 5.32 Å². The van der Waals surface area contributed by atoms with Crippen molar-refractivity contribution >= 4 is 23.4 Å². The number of para-hydroxylation sites is 1. The number of benzene rings is 2. The first-order chi connectivity index (χ1) is 10.6. The van der Waals surface area contributed by atoms with Crippen molar-refractivity contribution in [3.05, 3.63) is 59.7 Å². The first-order valence-electron chi connectivity index (χ1n) is 6.47. The molecule has 0 aliphatic heterocycles. The number of halogens is 2. The van der Waals surface area contributed by atoms with Crippen LogP contribution in [0.1, 0.15) is 12.0 Å². The van der Waals surface area contributed by atoms with Crippen molar-refractivity contribution in [2.45, 2.75) is 11.3 Å². The molecule has 0 heterocycles. The molecule has 112 valence electrons. The Balaban J connectivity index is 1.88. The zero-order chi connectivity index (χ0) is 15.9. The fraction of sp³-hybridized carbons (Fsp3) is 0.125. The minimum absolute atomic E-state index is 0.125. The number of thioether (sulfide) groups is 1. The van der Waals surface area contributed by atoms with E-state index in [-0.39, 0.29) is 17.2 Å². The second-order valence-electron chi connectivity index (χ2n) is 4.38. The summed E-state index contributed by atoms with van der Waals surface area (Å²) in [6, 6.07) is 11.8. The number of carbonyl (C=O) groups excluding carboxylic acids is 1. The Labute approximate surface area is 131 Å². The Bertz CT molecular complexity index is 728. The molecule has 0 spiro atoms. The predicted molar refractivity (Wildman–Crippen MR) is 81.5 cm³/mol. The highest BCUT2D eigenvalue weighted by atomic mass is 32.2. The molecule has 22 heavy (non-hydrogen) atoms. The summed E-state index contributed by atoms with van der Waals surface area (Å²) in [5.41, 5.74) is 0.816. The molecular formula is C16H12F2N2OS. The lowest BCUT2D eigenvalue weighted by Gasteiger charge is -2.07. The van der Waals surface area contributed by atoms with Gasteiger partial charge >= 0.3 is 0 Å². The van der Waals surface area contributed by atoms with Gasteiger partial charge in [-0.05, 0) is 30.3 Å². The number of nitriles is 1. The van der Waals surface area contributed by atoms with Gasteiger partial charge in [0.15, 0.2) is 0 Å². The van der Waals surface area contributed by atoms with E-state index in [0.717, 1.165) is 30.0 Å². The molecule has 1 amide bonds. The van der Waals surface area contributed by atoms with E-state index in [2.05, 4.69) is 5.32 Å². The molecule has 2 rings (SSSR count). The maximum absolute atomic E-state index is 13.4. The van der Waals surface area contributed by atoms with Gasteiger partial charge in [0.25, 0.3) is 0 Å². The van der Waals surface area contributed by atoms with Crippen LogP contribution in [0, 0.1) is 23.0 Å². The van der Waals surface area contributed by atoms with E-state index >= 15 is 0 Å². The first kappa shape index (κ1) is 16.0. The summed E-state index contributed by atoms with van der Waals surface area (Å²) in [4.78, 5) is 12.0. The molecule has 3 nitrogen and oxygen atoms in total. The summed E-state index contributed by atoms with van der Waals surface area (Å²) in [7, 11) is 0. The molecule has 0 fully saturated rings. The van der Waals surface area contributed by atoms with E-state index in [1.54, 1.807) is 24.3 Å². The van der Waals surface area contributed by atoms with Crippen LogP contribution in [0.2, 0.25) is 0 Å². The molecule has 0 aliphatic carbocycles. The van der Waals surface area contributed by atoms with Crippen molar-refractivity contribution in [2.24, 2.45) is 0 Å². The highest BCUT2D eigenvalue weighted by Crippen LogP contribution is 2.23. The summed E-state index contributed by atoms with van der Waals surface area (Å²) in [6.07, 6.45) is 0.125. The molecule has 0 atom stereocenters. The minimum Gasteiger partial charge on any atom is -0.325 e. The molecule has 0 aromatic heterocycles. The molecule has 0 aliphatic rings. The Hall–Kier alpha value is -2.39. The minimum atomic E-state index is -0.517. The second-order valence-corrected chi connectivity index (χ2v) is 5.52. The van der Waals surface area contributed by atoms with E-state index in [9.17, 15) is 13.6 Å². The van der Waals surface area contributed by atoms with Gasteiger partial charge < -0.3 is 5.32 Å². The number of nitrogens with one attached hydrogen (secondary N) is 1. The van der Waals surface area contributed by atoms with Crippen LogP contribution in [0.15, 0.2) is 47.4 Å². The van der Waals surface area contributed by atoms with Gasteiger partial charge in [-0.1, -0.05) is 12.1 Å². The number of hydrogen-bond donors (Lipinski definition) is 1. The fourth-order valence-electron chi connectivity index (χ4n) is 1.74. The van der Waals surface area contributed by atoms with Gasteiger partial charge in [-0.3, -0.25) is 4.79 Å². The lowest BCUT2D eigenvalue weighted by Crippen LogP contribution is -2.13. The van der Waals surface area contributed by atoms with Crippen molar-refractivity contribution < 1.29 is 13.6 Å². The molecule has 6 heteroatoms. The predicted octanol–water partition coefficient (Wildman–Crippen LogP) is 3.96. The number of hydrogen-bond acceptors (Lipinski definition) is 3. The van der Waals surface area contributed by atoms with Crippen molar-refractivity contribution in [1.29, 1.82) is 5.26 Å². The van der Waals surface area contributed by atoms with Crippen LogP contribution in [0.25, 0.3) is 0 Å². The monoisotopic (exact) mass is 318 g/mol. The third-order valence-electron chi connectivity index (χ3n) is 2.80. The lowest BCUT2D eigenvalue weighted by molar-refractivity contribution is -0.115. The third kappa shape index (κ3) is 4.30. The number of amides is 1. The largest absolute Gasteiger partial charge is 0.325 e. The fourth-order valence-corrected chi connectivity index (χ4v) is 2.65. The van der Waals surface area contributed by atoms with Crippen molar-refractivity contribution in [3.63, 3.8) is 0 Å². The summed E-state index contributed by atoms with van der Waals surface area (Å²) in [5.74, 6) is -1.01. The lowest BCUT2D eigenvalue weighted by atomic mass is 10.2. The van der Waals surface area contributed by atoms with Crippen LogP contribution >= 0.6 is 11.8 Å². The molecule has 0 radical (unpaired) electrons. The van der Waals surface area contributed by atoms with Gasteiger partial charge in [0.05, 0.1) is 11.3 Å². The highest BCUT2D eigenvalue weighted by Gasteiger charge is 2.08. The molecule has 0 saturated carbocycles. The molecule has 1 N–H and O–H groups in total. The van der Waals surface area contributed by atoms with E-state index < -0.39 is 11.6 Å². The molecule has 0 saturated heterocycles. The average Bonchev–Trinajstić information content (AvgIpc) is 2.51. The summed E-state index contributed by atoms with van der Waals surface area (Å²) >= 11 is 1.07. The summed E-state index contributed by atoms with van der Waals surface area (Å²) in [5, 5.41) is 11.6. The molecular weight excluding hydrogens is 306 g/mol. The molecule has 2 aromatic carbocycles. The first-order valence-corrected chi connectivity index (χ1v) is 7.45. The van der Waals surface area contributed by atoms with Gasteiger partial charge in [-0.15, -0.1) is 11.8 Å². The van der Waals surface area contributed by atoms with Crippen LogP contribution in [0.5, 0.6) is 0 Å². The number of nitrogens with zero attached hydrogens (tertiary/aromatic N) is 1. The van der Waals surface area contributed by atoms with Crippen LogP contribution in [0.3, 0.4) is 0 Å². The molecule has 0 bridgehead atoms. The van der Waals surface area contributed by atoms with Crippen LogP contribution in [-0.2, 0) is 4.79 Å². The van der Waals surface area contributed by atoms with E-state index in [1.165, 1.54) is 0 Å². The Morgan fingerprint density at radius 2 is 2.00 bits per heavy atom. The van der Waals surface area contributed by atoms with Crippen molar-refractivity contribution in [2.75, 3.05) is 11.1 Å². The summed E-state index contributed by atoms with van der Waals surface area (Å²) < 4.78 is 26.4. The standard InChI is InChI=1S/C16H12F2N2OS/c17-12-5-6-13(18)15(9-12)22-8-7-16(21)20-14-4-2-1-3-11(14)10-19/h1-6,9H,7-8H2,(H,20,21). The van der Waals surface area contributed by atoms with Crippen LogP contribution in [-0.4, -0.2) is 11.7 Å². The van der Waals surface area contributed by atoms with Crippen molar-refractivity contribution in [1.82, 2.24) is 0 Å². The average molecular weight is 318 g/mol. The van der Waals surface area contributed by atoms with E-state index in [0.29, 0.717) is 17.0 Å². The summed E-state index contributed by atoms with van der Waals surface area (Å²) in [6.45, 7) is 0. The number of anilines is 1. The Morgan fingerprint density at radius 1 is 1.23 bits per heavy atom. The van der Waals surface area contributed by atoms with E-state index in [4.69, 9.17) is 5.26 Å². The smallest absolute Gasteiger partial charge is 0.225 e. The highest BCUT2D eigenvalue weighted by molar-refractivity contribution is 7.99. The molecule has 2 aromatic rings. The normalized spacial score (nSPS) is 10.0. The van der Waals surface area contributed by atoms with Crippen LogP contribution in [0.4, 0.5) is 14.5 Å². The van der Waals surface area contributed by atoms with Gasteiger partial charge in [0, 0.05) is 17.1 Å². The third-order valence-corrected chi connectivity index (χ3v) is 3.83. The van der Waals surface area contributed by atoms with Gasteiger partial charge in [-0.25, -0.2) is 8.78 Å². The zero-order valence-corrected chi connectivity index (χ0v) is 12.3. The molecule has 0 unspecified atom stereocenters. The van der Waals surface area contributed by atoms with E-state index in [1.807, 2.05) is 6.07 Å². The zero-order valence-electron chi connectivity index (χ0n) is 11.5. The number of rotatable bonds is 5. The topological polar surface area (TPSA) is 52.9 Å². The van der Waals surface area contributed by atoms with Gasteiger partial charge in [-0.2, -0.15) is 5.26 Å². The second kappa shape index (κ2) is 7.57. The Kier molecular flexibility index (Phi) is 5.50. The van der Waals surface area contributed by atoms with Gasteiger partial charge in [0.1, 0.15) is 17.7 Å².